The van der Waals surface area contributed by atoms with Crippen molar-refractivity contribution in [1.29, 1.82) is 0 Å². The fourth-order valence-corrected chi connectivity index (χ4v) is 5.15. The highest BCUT2D eigenvalue weighted by atomic mass is 32.1. The highest BCUT2D eigenvalue weighted by molar-refractivity contribution is 7.80. The molecule has 13 nitrogen and oxygen atoms in total. The summed E-state index contributed by atoms with van der Waals surface area (Å²) in [5.41, 5.74) is 8.39. The first-order valence-corrected chi connectivity index (χ1v) is 14.9. The molecule has 0 saturated carbocycles. The maximum atomic E-state index is 13.9. The molecule has 0 aliphatic rings. The van der Waals surface area contributed by atoms with Gasteiger partial charge < -0.3 is 37.0 Å². The van der Waals surface area contributed by atoms with Gasteiger partial charge in [-0.15, -0.1) is 0 Å². The summed E-state index contributed by atoms with van der Waals surface area (Å²) in [4.78, 5) is 74.8. The Morgan fingerprint density at radius 3 is 1.98 bits per heavy atom. The summed E-state index contributed by atoms with van der Waals surface area (Å²) in [5.74, 6) is -3.13. The minimum absolute atomic E-state index is 0.0393. The van der Waals surface area contributed by atoms with E-state index in [0.29, 0.717) is 5.69 Å². The number of nitrogens with two attached hydrogens (primary N) is 1. The van der Waals surface area contributed by atoms with Gasteiger partial charge in [0, 0.05) is 60.9 Å². The molecule has 0 radical (unpaired) electrons. The quantitative estimate of drug-likeness (QED) is 0.0865. The molecule has 2 aromatic carbocycles. The number of thiol groups is 1. The second-order valence-corrected chi connectivity index (χ2v) is 10.9. The number of rotatable bonds is 15. The molecule has 8 N–H and O–H groups in total. The Labute approximate surface area is 264 Å². The number of aromatic nitrogens is 3. The van der Waals surface area contributed by atoms with Crippen LogP contribution in [-0.2, 0) is 43.2 Å². The molecule has 45 heavy (non-hydrogen) atoms. The van der Waals surface area contributed by atoms with Crippen LogP contribution in [0.4, 0.5) is 0 Å². The molecule has 0 spiro atoms. The summed E-state index contributed by atoms with van der Waals surface area (Å²) in [6, 6.07) is 12.2. The molecule has 0 fully saturated rings. The molecule has 0 aliphatic carbocycles. The smallest absolute Gasteiger partial charge is 0.243 e. The first-order chi connectivity index (χ1) is 21.6. The summed E-state index contributed by atoms with van der Waals surface area (Å²) in [6.45, 7) is 1.29. The van der Waals surface area contributed by atoms with Gasteiger partial charge in [-0.25, -0.2) is 4.98 Å². The van der Waals surface area contributed by atoms with Crippen molar-refractivity contribution in [2.45, 2.75) is 50.4 Å². The summed E-state index contributed by atoms with van der Waals surface area (Å²) in [5, 5.41) is 11.6. The molecule has 0 bridgehead atoms. The van der Waals surface area contributed by atoms with Gasteiger partial charge in [0.25, 0.3) is 0 Å². The van der Waals surface area contributed by atoms with Crippen LogP contribution in [0, 0.1) is 0 Å². The second-order valence-electron chi connectivity index (χ2n) is 10.6. The number of benzene rings is 2. The lowest BCUT2D eigenvalue weighted by Gasteiger charge is -2.26. The van der Waals surface area contributed by atoms with Gasteiger partial charge in [-0.1, -0.05) is 48.5 Å². The van der Waals surface area contributed by atoms with Crippen LogP contribution in [0.1, 0.15) is 23.7 Å². The zero-order valence-electron chi connectivity index (χ0n) is 24.6. The van der Waals surface area contributed by atoms with Crippen molar-refractivity contribution in [3.05, 3.63) is 90.1 Å². The maximum absolute atomic E-state index is 13.9. The van der Waals surface area contributed by atoms with Crippen molar-refractivity contribution < 1.29 is 24.0 Å². The monoisotopic (exact) mass is 632 g/mol. The van der Waals surface area contributed by atoms with Gasteiger partial charge in [0.15, 0.2) is 0 Å². The highest BCUT2D eigenvalue weighted by Crippen LogP contribution is 2.19. The lowest BCUT2D eigenvalue weighted by atomic mass is 10.0. The van der Waals surface area contributed by atoms with E-state index >= 15 is 0 Å². The fourth-order valence-electron chi connectivity index (χ4n) is 4.88. The molecule has 2 aromatic heterocycles. The Kier molecular flexibility index (Phi) is 11.3. The number of carbonyl (C=O) groups is 5. The Balaban J connectivity index is 1.61. The van der Waals surface area contributed by atoms with E-state index in [1.54, 1.807) is 18.3 Å². The lowest BCUT2D eigenvalue weighted by Crippen LogP contribution is -2.59. The van der Waals surface area contributed by atoms with E-state index in [1.807, 2.05) is 42.5 Å². The van der Waals surface area contributed by atoms with Gasteiger partial charge in [0.05, 0.1) is 6.33 Å². The average molecular weight is 633 g/mol. The Morgan fingerprint density at radius 2 is 1.38 bits per heavy atom. The predicted molar refractivity (Wildman–Crippen MR) is 171 cm³/mol. The number of aromatic amines is 2. The normalized spacial score (nSPS) is 13.6. The molecule has 0 aliphatic heterocycles. The molecular formula is C31H36N8O5S. The Morgan fingerprint density at radius 1 is 0.778 bits per heavy atom. The van der Waals surface area contributed by atoms with E-state index in [0.717, 1.165) is 22.0 Å². The molecular weight excluding hydrogens is 596 g/mol. The molecule has 236 valence electrons. The number of para-hydroxylation sites is 1. The average Bonchev–Trinajstić information content (AvgIpc) is 3.69. The van der Waals surface area contributed by atoms with Crippen LogP contribution in [0.5, 0.6) is 0 Å². The zero-order chi connectivity index (χ0) is 32.3. The van der Waals surface area contributed by atoms with Gasteiger partial charge in [0.2, 0.25) is 29.5 Å². The Bertz CT molecular complexity index is 1630. The molecule has 0 saturated heterocycles. The predicted octanol–water partition coefficient (Wildman–Crippen LogP) is 0.293. The first kappa shape index (κ1) is 32.8. The lowest BCUT2D eigenvalue weighted by molar-refractivity contribution is -0.134. The van der Waals surface area contributed by atoms with Crippen molar-refractivity contribution in [2.24, 2.45) is 5.73 Å². The van der Waals surface area contributed by atoms with E-state index in [2.05, 4.69) is 48.8 Å². The van der Waals surface area contributed by atoms with E-state index in [9.17, 15) is 24.0 Å². The van der Waals surface area contributed by atoms with Crippen molar-refractivity contribution in [3.63, 3.8) is 0 Å². The number of primary amides is 1. The number of fused-ring (bicyclic) bond motifs is 1. The van der Waals surface area contributed by atoms with E-state index in [4.69, 9.17) is 5.73 Å². The minimum Gasteiger partial charge on any atom is -0.368 e. The van der Waals surface area contributed by atoms with Gasteiger partial charge in [-0.2, -0.15) is 12.6 Å². The van der Waals surface area contributed by atoms with Crippen molar-refractivity contribution >= 4 is 53.1 Å². The third-order valence-corrected chi connectivity index (χ3v) is 7.53. The number of imidazole rings is 1. The largest absolute Gasteiger partial charge is 0.368 e. The highest BCUT2D eigenvalue weighted by Gasteiger charge is 2.31. The van der Waals surface area contributed by atoms with Gasteiger partial charge >= 0.3 is 0 Å². The standard InChI is InChI=1S/C31H36N8O5S/c1-18(40)36-26(13-21-15-33-17-35-21)31(44)37-24(11-19-7-3-2-4-8-19)29(42)38-25(30(43)39-27(16-45)28(32)41)12-20-14-34-23-10-6-5-9-22(20)23/h2-10,14-15,17,24-27,34,45H,11-13,16H2,1H3,(H2,32,41)(H,33,35)(H,36,40)(H,37,44)(H,38,42)(H,39,43)/t24-,25-,26+,27+/m1/s1. The summed E-state index contributed by atoms with van der Waals surface area (Å²) in [7, 11) is 0. The molecule has 5 amide bonds. The van der Waals surface area contributed by atoms with Crippen LogP contribution >= 0.6 is 12.6 Å². The molecule has 2 heterocycles. The fraction of sp³-hybridized carbons (Fsp3) is 0.290. The third-order valence-electron chi connectivity index (χ3n) is 7.16. The van der Waals surface area contributed by atoms with Crippen molar-refractivity contribution in [1.82, 2.24) is 36.2 Å². The molecule has 4 atom stereocenters. The number of H-pyrrole nitrogens is 2. The Hall–Kier alpha value is -5.11. The van der Waals surface area contributed by atoms with Crippen LogP contribution in [0.3, 0.4) is 0 Å². The van der Waals surface area contributed by atoms with E-state index in [1.165, 1.54) is 19.4 Å². The number of hydrogen-bond donors (Lipinski definition) is 8. The van der Waals surface area contributed by atoms with Crippen LogP contribution in [0.25, 0.3) is 10.9 Å². The van der Waals surface area contributed by atoms with Gasteiger partial charge in [0.1, 0.15) is 24.2 Å². The van der Waals surface area contributed by atoms with Crippen molar-refractivity contribution in [2.75, 3.05) is 5.75 Å². The van der Waals surface area contributed by atoms with E-state index in [-0.39, 0.29) is 25.0 Å². The van der Waals surface area contributed by atoms with Crippen LogP contribution in [0.2, 0.25) is 0 Å². The minimum atomic E-state index is -1.15. The van der Waals surface area contributed by atoms with Crippen molar-refractivity contribution in [3.8, 4) is 0 Å². The number of nitrogens with zero attached hydrogens (tertiary/aromatic N) is 1. The molecule has 0 unspecified atom stereocenters. The molecule has 4 aromatic rings. The van der Waals surface area contributed by atoms with Gasteiger partial charge in [-0.05, 0) is 17.2 Å². The second kappa shape index (κ2) is 15.6. The molecule has 4 rings (SSSR count). The SMILES string of the molecule is CC(=O)N[C@@H](Cc1cnc[nH]1)C(=O)N[C@H](Cc1ccccc1)C(=O)N[C@H](Cc1c[nH]c2ccccc12)C(=O)N[C@@H](CS)C(N)=O. The number of carbonyl (C=O) groups excluding carboxylic acids is 5. The number of amides is 5. The van der Waals surface area contributed by atoms with Crippen LogP contribution < -0.4 is 27.0 Å². The zero-order valence-corrected chi connectivity index (χ0v) is 25.5. The van der Waals surface area contributed by atoms with E-state index < -0.39 is 53.7 Å². The van der Waals surface area contributed by atoms with Crippen LogP contribution in [0.15, 0.2) is 73.3 Å². The van der Waals surface area contributed by atoms with Gasteiger partial charge in [-0.3, -0.25) is 24.0 Å². The summed E-state index contributed by atoms with van der Waals surface area (Å²) in [6.07, 6.45) is 5.01. The summed E-state index contributed by atoms with van der Waals surface area (Å²) >= 11 is 4.11. The molecule has 14 heteroatoms. The topological polar surface area (TPSA) is 204 Å². The number of nitrogens with one attached hydrogen (secondary N) is 6. The maximum Gasteiger partial charge on any atom is 0.243 e. The third kappa shape index (κ3) is 9.19. The number of hydrogen-bond acceptors (Lipinski definition) is 7. The first-order valence-electron chi connectivity index (χ1n) is 14.3. The summed E-state index contributed by atoms with van der Waals surface area (Å²) < 4.78 is 0. The van der Waals surface area contributed by atoms with Crippen LogP contribution in [-0.4, -0.2) is 74.4 Å².